The van der Waals surface area contributed by atoms with Crippen LogP contribution in [0.5, 0.6) is 5.75 Å². The monoisotopic (exact) mass is 749 g/mol. The summed E-state index contributed by atoms with van der Waals surface area (Å²) < 4.78 is 36.4. The van der Waals surface area contributed by atoms with Gasteiger partial charge in [0.2, 0.25) is 17.8 Å². The summed E-state index contributed by atoms with van der Waals surface area (Å²) in [5, 5.41) is 7.24. The van der Waals surface area contributed by atoms with Crippen LogP contribution in [0.1, 0.15) is 62.5 Å². The van der Waals surface area contributed by atoms with Gasteiger partial charge >= 0.3 is 7.82 Å². The summed E-state index contributed by atoms with van der Waals surface area (Å²) in [5.41, 5.74) is 2.32. The van der Waals surface area contributed by atoms with Crippen molar-refractivity contribution in [3.8, 4) is 5.75 Å². The molecule has 2 heterocycles. The fraction of sp³-hybridized carbons (Fsp3) is 0.447. The molecule has 1 saturated heterocycles. The molecule has 2 aliphatic rings. The lowest BCUT2D eigenvalue weighted by molar-refractivity contribution is 0.0444. The average Bonchev–Trinajstić information content (AvgIpc) is 3.43. The second-order valence-corrected chi connectivity index (χ2v) is 15.5. The van der Waals surface area contributed by atoms with Crippen LogP contribution >= 0.6 is 19.4 Å². The highest BCUT2D eigenvalue weighted by molar-refractivity contribution is 7.48. The van der Waals surface area contributed by atoms with Gasteiger partial charge in [0.15, 0.2) is 6.79 Å². The van der Waals surface area contributed by atoms with Crippen molar-refractivity contribution < 1.29 is 22.9 Å². The van der Waals surface area contributed by atoms with E-state index in [0.29, 0.717) is 46.4 Å². The number of hydrogen-bond acceptors (Lipinski definition) is 12. The highest BCUT2D eigenvalue weighted by Gasteiger charge is 2.28. The minimum atomic E-state index is -4.02. The van der Waals surface area contributed by atoms with Crippen LogP contribution in [0.25, 0.3) is 0 Å². The van der Waals surface area contributed by atoms with E-state index in [1.807, 2.05) is 60.7 Å². The molecule has 12 nitrogen and oxygen atoms in total. The van der Waals surface area contributed by atoms with Crippen LogP contribution in [-0.2, 0) is 31.4 Å². The minimum absolute atomic E-state index is 0.0402. The molecule has 1 aliphatic carbocycles. The number of aromatic nitrogens is 3. The highest BCUT2D eigenvalue weighted by atomic mass is 35.5. The van der Waals surface area contributed by atoms with Crippen molar-refractivity contribution in [1.82, 2.24) is 19.9 Å². The van der Waals surface area contributed by atoms with Gasteiger partial charge in [0.25, 0.3) is 0 Å². The number of rotatable bonds is 16. The van der Waals surface area contributed by atoms with E-state index in [9.17, 15) is 4.57 Å². The second-order valence-electron chi connectivity index (χ2n) is 13.4. The summed E-state index contributed by atoms with van der Waals surface area (Å²) in [6.07, 6.45) is 9.22. The van der Waals surface area contributed by atoms with E-state index in [-0.39, 0.29) is 13.2 Å². The van der Waals surface area contributed by atoms with E-state index in [2.05, 4.69) is 34.5 Å². The van der Waals surface area contributed by atoms with Crippen LogP contribution in [0.2, 0.25) is 5.02 Å². The number of halogens is 1. The largest absolute Gasteiger partial charge is 0.478 e. The zero-order chi connectivity index (χ0) is 36.2. The van der Waals surface area contributed by atoms with Gasteiger partial charge in [0.1, 0.15) is 5.75 Å². The summed E-state index contributed by atoms with van der Waals surface area (Å²) >= 11 is 6.67. The summed E-state index contributed by atoms with van der Waals surface area (Å²) in [5.74, 6) is 1.94. The number of nitrogens with one attached hydrogen (secondary N) is 2. The molecular formula is C38H49ClN7O5P. The molecule has 6 rings (SSSR count). The van der Waals surface area contributed by atoms with Crippen LogP contribution in [0.4, 0.5) is 23.5 Å². The molecule has 0 spiro atoms. The van der Waals surface area contributed by atoms with Crippen molar-refractivity contribution in [3.05, 3.63) is 95.0 Å². The molecule has 4 aromatic rings. The third-order valence-corrected chi connectivity index (χ3v) is 11.0. The maximum atomic E-state index is 13.6. The lowest BCUT2D eigenvalue weighted by Gasteiger charge is -2.35. The Hall–Kier alpha value is -3.77. The van der Waals surface area contributed by atoms with E-state index in [1.54, 1.807) is 18.2 Å². The molecule has 1 saturated carbocycles. The maximum Gasteiger partial charge on any atom is 0.478 e. The lowest BCUT2D eigenvalue weighted by Crippen LogP contribution is -2.42. The predicted octanol–water partition coefficient (Wildman–Crippen LogP) is 8.83. The zero-order valence-electron chi connectivity index (χ0n) is 30.0. The van der Waals surface area contributed by atoms with Gasteiger partial charge in [0.05, 0.1) is 18.2 Å². The summed E-state index contributed by atoms with van der Waals surface area (Å²) in [6.45, 7) is 1.74. The molecule has 0 bridgehead atoms. The van der Waals surface area contributed by atoms with Gasteiger partial charge in [0, 0.05) is 24.8 Å². The first kappa shape index (κ1) is 38.0. The normalized spacial score (nSPS) is 16.3. The number of piperidine rings is 1. The van der Waals surface area contributed by atoms with E-state index in [0.717, 1.165) is 49.9 Å². The summed E-state index contributed by atoms with van der Waals surface area (Å²) in [7, 11) is 0.202. The minimum Gasteiger partial charge on any atom is -0.465 e. The van der Waals surface area contributed by atoms with Gasteiger partial charge in [-0.05, 0) is 75.1 Å². The number of ether oxygens (including phenoxy) is 1. The van der Waals surface area contributed by atoms with Crippen molar-refractivity contribution in [3.63, 3.8) is 0 Å². The first-order valence-electron chi connectivity index (χ1n) is 18.1. The number of likely N-dealkylation sites (tertiary alicyclic amines) is 1. The van der Waals surface area contributed by atoms with Crippen LogP contribution < -0.4 is 20.3 Å². The standard InChI is InChI=1S/C38H49ClN7O5P/c1-45-23-21-33(22-24-45)46(2)38-43-36(40-31-17-11-3-4-12-18-31)42-37(44-38)41-32-19-20-35(34(39)25-32)48-28-51-52(47,49-26-29-13-7-5-8-14-29)50-27-30-15-9-6-10-16-30/h5-10,13-16,19-20,25,31,33H,3-4,11-12,17-18,21-24,26-28H2,1-2H3,(H2,40,41,42,43,44). The number of hydrogen-bond donors (Lipinski definition) is 2. The molecular weight excluding hydrogens is 701 g/mol. The molecule has 0 atom stereocenters. The van der Waals surface area contributed by atoms with E-state index in [1.165, 1.54) is 25.7 Å². The van der Waals surface area contributed by atoms with Crippen LogP contribution in [0.15, 0.2) is 78.9 Å². The van der Waals surface area contributed by atoms with Crippen LogP contribution in [0.3, 0.4) is 0 Å². The van der Waals surface area contributed by atoms with Crippen molar-refractivity contribution in [1.29, 1.82) is 0 Å². The molecule has 14 heteroatoms. The summed E-state index contributed by atoms with van der Waals surface area (Å²) in [4.78, 5) is 19.0. The Balaban J connectivity index is 1.12. The number of anilines is 4. The van der Waals surface area contributed by atoms with Crippen molar-refractivity contribution in [2.24, 2.45) is 0 Å². The first-order valence-corrected chi connectivity index (χ1v) is 19.9. The van der Waals surface area contributed by atoms with Gasteiger partial charge in [-0.2, -0.15) is 15.0 Å². The fourth-order valence-corrected chi connectivity index (χ4v) is 7.60. The van der Waals surface area contributed by atoms with Crippen LogP contribution in [-0.4, -0.2) is 65.9 Å². The molecule has 1 aromatic heterocycles. The number of benzene rings is 3. The van der Waals surface area contributed by atoms with E-state index >= 15 is 0 Å². The van der Waals surface area contributed by atoms with Crippen LogP contribution in [0, 0.1) is 0 Å². The van der Waals surface area contributed by atoms with Gasteiger partial charge in [-0.3, -0.25) is 9.05 Å². The zero-order valence-corrected chi connectivity index (χ0v) is 31.6. The molecule has 52 heavy (non-hydrogen) atoms. The van der Waals surface area contributed by atoms with E-state index in [4.69, 9.17) is 44.9 Å². The quantitative estimate of drug-likeness (QED) is 0.0646. The second kappa shape index (κ2) is 18.8. The lowest BCUT2D eigenvalue weighted by atomic mass is 10.0. The van der Waals surface area contributed by atoms with Crippen molar-refractivity contribution in [2.45, 2.75) is 76.7 Å². The molecule has 278 valence electrons. The SMILES string of the molecule is CN1CCC(N(C)c2nc(Nc3ccc(OCOP(=O)(OCc4ccccc4)OCc4ccccc4)c(Cl)c3)nc(NC3CCCCCC3)n2)CC1. The molecule has 3 aromatic carbocycles. The average molecular weight is 750 g/mol. The third-order valence-electron chi connectivity index (χ3n) is 9.44. The van der Waals surface area contributed by atoms with Crippen molar-refractivity contribution >= 4 is 43.0 Å². The topological polar surface area (TPSA) is 123 Å². The Morgan fingerprint density at radius 1 is 0.808 bits per heavy atom. The Labute approximate surface area is 311 Å². The molecule has 2 fully saturated rings. The number of phosphoric ester groups is 1. The highest BCUT2D eigenvalue weighted by Crippen LogP contribution is 2.51. The molecule has 2 N–H and O–H groups in total. The van der Waals surface area contributed by atoms with Gasteiger partial charge in [-0.15, -0.1) is 0 Å². The van der Waals surface area contributed by atoms with Gasteiger partial charge in [-0.25, -0.2) is 9.09 Å². The molecule has 1 aliphatic heterocycles. The van der Waals surface area contributed by atoms with Gasteiger partial charge in [-0.1, -0.05) is 97.9 Å². The molecule has 0 amide bonds. The molecule has 0 radical (unpaired) electrons. The Morgan fingerprint density at radius 2 is 1.42 bits per heavy atom. The first-order chi connectivity index (χ1) is 25.3. The van der Waals surface area contributed by atoms with Gasteiger partial charge < -0.3 is 25.2 Å². The number of nitrogens with zero attached hydrogens (tertiary/aromatic N) is 5. The Morgan fingerprint density at radius 3 is 2.04 bits per heavy atom. The fourth-order valence-electron chi connectivity index (χ4n) is 6.34. The Bertz CT molecular complexity index is 1700. The summed E-state index contributed by atoms with van der Waals surface area (Å²) in [6, 6.07) is 24.7. The number of phosphoric acid groups is 1. The van der Waals surface area contributed by atoms with Crippen molar-refractivity contribution in [2.75, 3.05) is 49.5 Å². The molecule has 0 unspecified atom stereocenters. The van der Waals surface area contributed by atoms with E-state index < -0.39 is 14.6 Å². The maximum absolute atomic E-state index is 13.6. The Kier molecular flexibility index (Phi) is 13.7. The predicted molar refractivity (Wildman–Crippen MR) is 205 cm³/mol. The third kappa shape index (κ3) is 11.4. The smallest absolute Gasteiger partial charge is 0.465 e.